The Morgan fingerprint density at radius 2 is 1.62 bits per heavy atom. The van der Waals surface area contributed by atoms with Gasteiger partial charge in [-0.25, -0.2) is 0 Å². The van der Waals surface area contributed by atoms with Crippen molar-refractivity contribution in [1.82, 2.24) is 0 Å². The van der Waals surface area contributed by atoms with E-state index in [0.717, 1.165) is 5.56 Å². The molecule has 13 heavy (non-hydrogen) atoms. The van der Waals surface area contributed by atoms with Crippen molar-refractivity contribution in [2.24, 2.45) is 0 Å². The second-order valence-corrected chi connectivity index (χ2v) is 3.95. The Hall–Kier alpha value is 0.456. The number of hydrogen-bond donors (Lipinski definition) is 2. The molecule has 1 rings (SSSR count). The van der Waals surface area contributed by atoms with Crippen LogP contribution < -0.4 is 0 Å². The summed E-state index contributed by atoms with van der Waals surface area (Å²) in [5.41, 5.74) is 0.630. The van der Waals surface area contributed by atoms with Crippen LogP contribution in [-0.2, 0) is 5.41 Å². The number of phenolic OH excluding ortho intramolecular Hbond substituents is 2. The van der Waals surface area contributed by atoms with E-state index in [9.17, 15) is 10.2 Å². The minimum absolute atomic E-state index is 0. The molecule has 0 aliphatic rings. The zero-order chi connectivity index (χ0) is 9.35. The van der Waals surface area contributed by atoms with Crippen molar-refractivity contribution in [3.05, 3.63) is 23.8 Å². The maximum absolute atomic E-state index is 9.46. The molecule has 0 amide bonds. The Morgan fingerprint density at radius 1 is 1.08 bits per heavy atom. The number of hydrogen-bond acceptors (Lipinski definition) is 2. The number of rotatable bonds is 0. The number of benzene rings is 1. The molecule has 0 atom stereocenters. The van der Waals surface area contributed by atoms with E-state index < -0.39 is 0 Å². The summed E-state index contributed by atoms with van der Waals surface area (Å²) in [6, 6.07) is 4.58. The van der Waals surface area contributed by atoms with Gasteiger partial charge in [0.1, 0.15) is 11.5 Å². The van der Waals surface area contributed by atoms with Gasteiger partial charge in [-0.05, 0) is 23.6 Å². The fraction of sp³-hybridized carbons (Fsp3) is 0.400. The van der Waals surface area contributed by atoms with Crippen LogP contribution in [0.15, 0.2) is 18.2 Å². The SMILES string of the molecule is CC(C)(C)c1cc(O)ccc1O.[KH]. The maximum atomic E-state index is 9.46. The van der Waals surface area contributed by atoms with E-state index in [1.165, 1.54) is 12.1 Å². The third-order valence-corrected chi connectivity index (χ3v) is 1.79. The molecule has 0 spiro atoms. The zero-order valence-corrected chi connectivity index (χ0v) is 7.63. The molecule has 68 valence electrons. The van der Waals surface area contributed by atoms with Gasteiger partial charge >= 0.3 is 51.4 Å². The van der Waals surface area contributed by atoms with Gasteiger partial charge in [-0.1, -0.05) is 20.8 Å². The van der Waals surface area contributed by atoms with Crippen LogP contribution in [0, 0.1) is 0 Å². The monoisotopic (exact) mass is 206 g/mol. The molecular weight excluding hydrogens is 191 g/mol. The minimum atomic E-state index is -0.136. The molecule has 0 bridgehead atoms. The second-order valence-electron chi connectivity index (χ2n) is 3.95. The van der Waals surface area contributed by atoms with Crippen LogP contribution in [-0.4, -0.2) is 61.6 Å². The van der Waals surface area contributed by atoms with Crippen LogP contribution in [0.2, 0.25) is 0 Å². The van der Waals surface area contributed by atoms with Gasteiger partial charge in [-0.2, -0.15) is 0 Å². The fourth-order valence-electron chi connectivity index (χ4n) is 1.12. The van der Waals surface area contributed by atoms with Gasteiger partial charge in [0.15, 0.2) is 0 Å². The summed E-state index contributed by atoms with van der Waals surface area (Å²) in [4.78, 5) is 0. The van der Waals surface area contributed by atoms with Gasteiger partial charge < -0.3 is 10.2 Å². The predicted octanol–water partition coefficient (Wildman–Crippen LogP) is 1.75. The first-order valence-electron chi connectivity index (χ1n) is 3.94. The second kappa shape index (κ2) is 4.80. The first-order chi connectivity index (χ1) is 5.41. The molecule has 0 unspecified atom stereocenters. The molecule has 1 aromatic carbocycles. The Morgan fingerprint density at radius 3 is 2.00 bits per heavy atom. The molecule has 0 heterocycles. The third-order valence-electron chi connectivity index (χ3n) is 1.79. The Labute approximate surface area is 121 Å². The first kappa shape index (κ1) is 13.5. The molecule has 1 aromatic rings. The molecule has 0 aliphatic carbocycles. The molecule has 0 fully saturated rings. The summed E-state index contributed by atoms with van der Waals surface area (Å²) in [5.74, 6) is 0.429. The van der Waals surface area contributed by atoms with E-state index >= 15 is 0 Å². The quantitative estimate of drug-likeness (QED) is 0.501. The van der Waals surface area contributed by atoms with Crippen molar-refractivity contribution >= 4 is 51.4 Å². The Bertz CT molecular complexity index is 289. The Kier molecular flexibility index (Phi) is 4.97. The van der Waals surface area contributed by atoms with Crippen LogP contribution in [0.25, 0.3) is 0 Å². The van der Waals surface area contributed by atoms with E-state index in [4.69, 9.17) is 0 Å². The van der Waals surface area contributed by atoms with Gasteiger partial charge in [-0.3, -0.25) is 0 Å². The molecule has 0 saturated heterocycles. The summed E-state index contributed by atoms with van der Waals surface area (Å²) < 4.78 is 0. The summed E-state index contributed by atoms with van der Waals surface area (Å²) in [5, 5.41) is 18.6. The van der Waals surface area contributed by atoms with Gasteiger partial charge in [0, 0.05) is 5.56 Å². The van der Waals surface area contributed by atoms with E-state index in [0.29, 0.717) is 0 Å². The molecule has 0 radical (unpaired) electrons. The third kappa shape index (κ3) is 3.60. The topological polar surface area (TPSA) is 40.5 Å². The summed E-state index contributed by atoms with van der Waals surface area (Å²) in [7, 11) is 0. The van der Waals surface area contributed by atoms with E-state index in [1.54, 1.807) is 6.07 Å². The van der Waals surface area contributed by atoms with Crippen molar-refractivity contribution in [3.63, 3.8) is 0 Å². The van der Waals surface area contributed by atoms with Gasteiger partial charge in [0.2, 0.25) is 0 Å². The zero-order valence-electron chi connectivity index (χ0n) is 7.63. The Balaban J connectivity index is 0.00000144. The average molecular weight is 206 g/mol. The van der Waals surface area contributed by atoms with Crippen molar-refractivity contribution < 1.29 is 10.2 Å². The van der Waals surface area contributed by atoms with E-state index in [1.807, 2.05) is 20.8 Å². The standard InChI is InChI=1S/C10H14O2.K.H/c1-10(2,3)8-6-7(11)4-5-9(8)12;;/h4-6,11-12H,1-3H3;;. The van der Waals surface area contributed by atoms with E-state index in [-0.39, 0.29) is 68.3 Å². The van der Waals surface area contributed by atoms with Crippen molar-refractivity contribution in [2.75, 3.05) is 0 Å². The van der Waals surface area contributed by atoms with Crippen molar-refractivity contribution in [2.45, 2.75) is 26.2 Å². The normalized spacial score (nSPS) is 10.7. The summed E-state index contributed by atoms with van der Waals surface area (Å²) in [6.45, 7) is 5.96. The molecule has 0 aliphatic heterocycles. The number of phenols is 2. The van der Waals surface area contributed by atoms with Gasteiger partial charge in [0.25, 0.3) is 0 Å². The molecule has 0 aromatic heterocycles. The van der Waals surface area contributed by atoms with Crippen LogP contribution in [0.1, 0.15) is 26.3 Å². The van der Waals surface area contributed by atoms with Crippen LogP contribution in [0.4, 0.5) is 0 Å². The predicted molar refractivity (Wildman–Crippen MR) is 55.6 cm³/mol. The van der Waals surface area contributed by atoms with E-state index in [2.05, 4.69) is 0 Å². The molecule has 2 N–H and O–H groups in total. The summed E-state index contributed by atoms with van der Waals surface area (Å²) in [6.07, 6.45) is 0. The van der Waals surface area contributed by atoms with Crippen LogP contribution in [0.5, 0.6) is 11.5 Å². The number of aromatic hydroxyl groups is 2. The summed E-state index contributed by atoms with van der Waals surface area (Å²) >= 11 is 0. The molecule has 2 nitrogen and oxygen atoms in total. The van der Waals surface area contributed by atoms with Crippen LogP contribution >= 0.6 is 0 Å². The van der Waals surface area contributed by atoms with Crippen molar-refractivity contribution in [1.29, 1.82) is 0 Å². The van der Waals surface area contributed by atoms with Crippen molar-refractivity contribution in [3.8, 4) is 11.5 Å². The molecular formula is C10H15KO2. The fourth-order valence-corrected chi connectivity index (χ4v) is 1.12. The molecule has 0 saturated carbocycles. The van der Waals surface area contributed by atoms with Gasteiger partial charge in [-0.15, -0.1) is 0 Å². The van der Waals surface area contributed by atoms with Gasteiger partial charge in [0.05, 0.1) is 0 Å². The first-order valence-corrected chi connectivity index (χ1v) is 3.94. The molecule has 3 heteroatoms. The van der Waals surface area contributed by atoms with Crippen LogP contribution in [0.3, 0.4) is 0 Å². The average Bonchev–Trinajstić information content (AvgIpc) is 1.92.